The van der Waals surface area contributed by atoms with Crippen LogP contribution in [0.4, 0.5) is 0 Å². The molecule has 1 nitrogen and oxygen atoms in total. The summed E-state index contributed by atoms with van der Waals surface area (Å²) in [6.07, 6.45) is 11.3. The highest BCUT2D eigenvalue weighted by Gasteiger charge is 2.27. The van der Waals surface area contributed by atoms with Gasteiger partial charge in [0.1, 0.15) is 0 Å². The van der Waals surface area contributed by atoms with Gasteiger partial charge in [-0.1, -0.05) is 26.2 Å². The van der Waals surface area contributed by atoms with Crippen molar-refractivity contribution in [1.82, 2.24) is 5.32 Å². The summed E-state index contributed by atoms with van der Waals surface area (Å²) in [5.41, 5.74) is 1.66. The van der Waals surface area contributed by atoms with Crippen LogP contribution in [-0.4, -0.2) is 6.54 Å². The van der Waals surface area contributed by atoms with Crippen molar-refractivity contribution in [1.29, 1.82) is 0 Å². The van der Waals surface area contributed by atoms with Crippen LogP contribution in [0.25, 0.3) is 0 Å². The Kier molecular flexibility index (Phi) is 4.05. The lowest BCUT2D eigenvalue weighted by Crippen LogP contribution is -2.29. The van der Waals surface area contributed by atoms with Gasteiger partial charge in [-0.15, -0.1) is 11.3 Å². The Labute approximate surface area is 115 Å². The molecule has 3 rings (SSSR count). The van der Waals surface area contributed by atoms with Crippen molar-refractivity contribution in [2.75, 3.05) is 6.54 Å². The number of fused-ring (bicyclic) bond motifs is 1. The van der Waals surface area contributed by atoms with Gasteiger partial charge in [0.25, 0.3) is 0 Å². The number of hydrogen-bond donors (Lipinski definition) is 1. The fraction of sp³-hybridized carbons (Fsp3) is 0.750. The SMILES string of the molecule is CCNC(c1cc2c(s1)CCC2)C1CCCCC1. The molecule has 1 fully saturated rings. The third-order valence-corrected chi connectivity index (χ3v) is 5.94. The fourth-order valence-corrected chi connectivity index (χ4v) is 5.12. The van der Waals surface area contributed by atoms with E-state index in [-0.39, 0.29) is 0 Å². The minimum absolute atomic E-state index is 0.644. The van der Waals surface area contributed by atoms with E-state index in [4.69, 9.17) is 0 Å². The van der Waals surface area contributed by atoms with Crippen LogP contribution in [-0.2, 0) is 12.8 Å². The summed E-state index contributed by atoms with van der Waals surface area (Å²) in [4.78, 5) is 3.32. The second-order valence-electron chi connectivity index (χ2n) is 5.88. The predicted molar refractivity (Wildman–Crippen MR) is 79.3 cm³/mol. The molecule has 1 aromatic rings. The average Bonchev–Trinajstić information content (AvgIpc) is 2.97. The number of nitrogens with one attached hydrogen (secondary N) is 1. The number of rotatable bonds is 4. The Morgan fingerprint density at radius 1 is 1.22 bits per heavy atom. The second kappa shape index (κ2) is 5.75. The maximum Gasteiger partial charge on any atom is 0.0443 e. The highest BCUT2D eigenvalue weighted by atomic mass is 32.1. The number of hydrogen-bond acceptors (Lipinski definition) is 2. The van der Waals surface area contributed by atoms with E-state index >= 15 is 0 Å². The lowest BCUT2D eigenvalue weighted by atomic mass is 9.83. The van der Waals surface area contributed by atoms with E-state index in [2.05, 4.69) is 29.6 Å². The molecule has 1 saturated carbocycles. The summed E-state index contributed by atoms with van der Waals surface area (Å²) in [5, 5.41) is 3.77. The molecule has 1 heterocycles. The van der Waals surface area contributed by atoms with Crippen LogP contribution in [0.2, 0.25) is 0 Å². The Bertz CT molecular complexity index is 368. The van der Waals surface area contributed by atoms with Gasteiger partial charge < -0.3 is 5.32 Å². The molecule has 0 aromatic carbocycles. The molecule has 0 spiro atoms. The van der Waals surface area contributed by atoms with Gasteiger partial charge in [0.05, 0.1) is 0 Å². The highest BCUT2D eigenvalue weighted by molar-refractivity contribution is 7.12. The van der Waals surface area contributed by atoms with Gasteiger partial charge in [0.15, 0.2) is 0 Å². The Morgan fingerprint density at radius 3 is 2.78 bits per heavy atom. The van der Waals surface area contributed by atoms with E-state index in [1.54, 1.807) is 15.3 Å². The summed E-state index contributed by atoms with van der Waals surface area (Å²) in [6.45, 7) is 3.35. The first-order chi connectivity index (χ1) is 8.88. The maximum atomic E-state index is 3.77. The standard InChI is InChI=1S/C16H25NS/c1-2-17-16(12-7-4-3-5-8-12)15-11-13-9-6-10-14(13)18-15/h11-12,16-17H,2-10H2,1H3. The van der Waals surface area contributed by atoms with Crippen molar-refractivity contribution in [3.8, 4) is 0 Å². The van der Waals surface area contributed by atoms with Crippen LogP contribution in [0.3, 0.4) is 0 Å². The molecule has 1 unspecified atom stereocenters. The van der Waals surface area contributed by atoms with Crippen LogP contribution in [0.5, 0.6) is 0 Å². The molecule has 0 radical (unpaired) electrons. The molecular formula is C16H25NS. The average molecular weight is 263 g/mol. The van der Waals surface area contributed by atoms with Gasteiger partial charge in [0.2, 0.25) is 0 Å². The highest BCUT2D eigenvalue weighted by Crippen LogP contribution is 2.40. The van der Waals surface area contributed by atoms with Crippen molar-refractivity contribution in [3.63, 3.8) is 0 Å². The zero-order valence-electron chi connectivity index (χ0n) is 11.5. The van der Waals surface area contributed by atoms with Crippen LogP contribution in [0, 0.1) is 5.92 Å². The number of aryl methyl sites for hydroxylation is 2. The van der Waals surface area contributed by atoms with E-state index in [0.29, 0.717) is 6.04 Å². The van der Waals surface area contributed by atoms with Gasteiger partial charge in [-0.25, -0.2) is 0 Å². The van der Waals surface area contributed by atoms with Gasteiger partial charge in [-0.05, 0) is 56.2 Å². The molecule has 0 amide bonds. The lowest BCUT2D eigenvalue weighted by Gasteiger charge is -2.30. The normalized spacial score (nSPS) is 22.1. The van der Waals surface area contributed by atoms with Crippen LogP contribution in [0.15, 0.2) is 6.07 Å². The van der Waals surface area contributed by atoms with Gasteiger partial charge >= 0.3 is 0 Å². The maximum absolute atomic E-state index is 3.77. The Hall–Kier alpha value is -0.340. The predicted octanol–water partition coefficient (Wildman–Crippen LogP) is 4.47. The summed E-state index contributed by atoms with van der Waals surface area (Å²) in [7, 11) is 0. The molecule has 1 atom stereocenters. The first-order valence-corrected chi connectivity index (χ1v) is 8.55. The fourth-order valence-electron chi connectivity index (χ4n) is 3.69. The van der Waals surface area contributed by atoms with Gasteiger partial charge in [-0.3, -0.25) is 0 Å². The smallest absolute Gasteiger partial charge is 0.0443 e. The van der Waals surface area contributed by atoms with Gasteiger partial charge in [-0.2, -0.15) is 0 Å². The Balaban J connectivity index is 1.78. The number of thiophene rings is 1. The van der Waals surface area contributed by atoms with E-state index in [9.17, 15) is 0 Å². The Morgan fingerprint density at radius 2 is 2.06 bits per heavy atom. The zero-order chi connectivity index (χ0) is 12.4. The van der Waals surface area contributed by atoms with Crippen molar-refractivity contribution in [2.45, 2.75) is 64.3 Å². The van der Waals surface area contributed by atoms with Crippen LogP contribution >= 0.6 is 11.3 Å². The molecule has 0 bridgehead atoms. The molecule has 0 saturated heterocycles. The first-order valence-electron chi connectivity index (χ1n) is 7.73. The van der Waals surface area contributed by atoms with Crippen molar-refractivity contribution in [2.24, 2.45) is 5.92 Å². The quantitative estimate of drug-likeness (QED) is 0.845. The zero-order valence-corrected chi connectivity index (χ0v) is 12.3. The molecule has 2 heteroatoms. The topological polar surface area (TPSA) is 12.0 Å². The van der Waals surface area contributed by atoms with Crippen LogP contribution in [0.1, 0.15) is 66.8 Å². The lowest BCUT2D eigenvalue weighted by molar-refractivity contribution is 0.277. The van der Waals surface area contributed by atoms with Crippen molar-refractivity contribution in [3.05, 3.63) is 21.4 Å². The summed E-state index contributed by atoms with van der Waals surface area (Å²) in [5.74, 6) is 0.887. The molecule has 2 aliphatic carbocycles. The molecule has 1 N–H and O–H groups in total. The molecule has 1 aromatic heterocycles. The third kappa shape index (κ3) is 2.50. The second-order valence-corrected chi connectivity index (χ2v) is 7.05. The monoisotopic (exact) mass is 263 g/mol. The largest absolute Gasteiger partial charge is 0.309 e. The summed E-state index contributed by atoms with van der Waals surface area (Å²) >= 11 is 2.10. The van der Waals surface area contributed by atoms with E-state index in [1.165, 1.54) is 51.4 Å². The van der Waals surface area contributed by atoms with Crippen molar-refractivity contribution < 1.29 is 0 Å². The van der Waals surface area contributed by atoms with E-state index < -0.39 is 0 Å². The minimum atomic E-state index is 0.644. The van der Waals surface area contributed by atoms with E-state index in [1.807, 2.05) is 0 Å². The first kappa shape index (κ1) is 12.7. The minimum Gasteiger partial charge on any atom is -0.309 e. The summed E-state index contributed by atoms with van der Waals surface area (Å²) < 4.78 is 0. The van der Waals surface area contributed by atoms with Crippen LogP contribution < -0.4 is 5.32 Å². The molecular weight excluding hydrogens is 238 g/mol. The van der Waals surface area contributed by atoms with Gasteiger partial charge in [0, 0.05) is 15.8 Å². The third-order valence-electron chi connectivity index (χ3n) is 4.62. The molecule has 0 aliphatic heterocycles. The van der Waals surface area contributed by atoms with E-state index in [0.717, 1.165) is 12.5 Å². The molecule has 2 aliphatic rings. The van der Waals surface area contributed by atoms with Crippen molar-refractivity contribution >= 4 is 11.3 Å². The molecule has 100 valence electrons. The molecule has 18 heavy (non-hydrogen) atoms. The summed E-state index contributed by atoms with van der Waals surface area (Å²) in [6, 6.07) is 3.17.